The number of aliphatic carboxylic acids is 2. The summed E-state index contributed by atoms with van der Waals surface area (Å²) in [5.41, 5.74) is 7.35. The van der Waals surface area contributed by atoms with Crippen molar-refractivity contribution in [1.29, 1.82) is 0 Å². The van der Waals surface area contributed by atoms with Crippen LogP contribution in [0.3, 0.4) is 0 Å². The van der Waals surface area contributed by atoms with Crippen LogP contribution in [-0.2, 0) is 94.7 Å². The number of nitrogens with one attached hydrogen (secondary N) is 4. The number of carbonyl (C=O) groups excluding carboxylic acids is 6. The number of aromatic nitrogens is 6. The van der Waals surface area contributed by atoms with Crippen LogP contribution in [0, 0.1) is 11.8 Å². The highest BCUT2D eigenvalue weighted by atomic mass is 16.7. The number of benzene rings is 4. The minimum absolute atomic E-state index is 0.144. The highest BCUT2D eigenvalue weighted by Gasteiger charge is 2.72. The van der Waals surface area contributed by atoms with E-state index in [4.69, 9.17) is 29.9 Å². The van der Waals surface area contributed by atoms with E-state index < -0.39 is 95.2 Å². The summed E-state index contributed by atoms with van der Waals surface area (Å²) in [6, 6.07) is 28.2. The lowest BCUT2D eigenvalue weighted by Gasteiger charge is -2.48. The van der Waals surface area contributed by atoms with Gasteiger partial charge in [0, 0.05) is 106 Å². The minimum atomic E-state index is -2.27. The van der Waals surface area contributed by atoms with Gasteiger partial charge in [-0.3, -0.25) is 71.8 Å². The van der Waals surface area contributed by atoms with E-state index in [9.17, 15) is 58.2 Å². The van der Waals surface area contributed by atoms with Crippen LogP contribution in [0.25, 0.3) is 44.1 Å². The van der Waals surface area contributed by atoms with Crippen molar-refractivity contribution in [3.8, 4) is 0 Å². The van der Waals surface area contributed by atoms with E-state index in [2.05, 4.69) is 72.0 Å². The number of imidazole rings is 1. The smallest absolute Gasteiger partial charge is 0.335 e. The van der Waals surface area contributed by atoms with Crippen LogP contribution in [0.2, 0.25) is 0 Å². The van der Waals surface area contributed by atoms with Gasteiger partial charge in [0.25, 0.3) is 29.2 Å². The van der Waals surface area contributed by atoms with Gasteiger partial charge in [-0.15, -0.1) is 0 Å². The quantitative estimate of drug-likeness (QED) is 0.0857. The first-order chi connectivity index (χ1) is 52.4. The zero-order valence-corrected chi connectivity index (χ0v) is 61.4. The third-order valence-corrected chi connectivity index (χ3v) is 23.4. The topological polar surface area (TPSA) is 413 Å². The van der Waals surface area contributed by atoms with Gasteiger partial charge in [0.2, 0.25) is 35.1 Å². The van der Waals surface area contributed by atoms with Crippen LogP contribution in [0.4, 0.5) is 0 Å². The van der Waals surface area contributed by atoms with Gasteiger partial charge in [-0.25, -0.2) is 19.4 Å². The molecule has 0 unspecified atom stereocenters. The lowest BCUT2D eigenvalue weighted by atomic mass is 9.79. The van der Waals surface area contributed by atoms with Gasteiger partial charge in [-0.1, -0.05) is 97.1 Å². The fraction of sp³-hybridized carbons (Fsp3) is 0.423. The van der Waals surface area contributed by atoms with Crippen LogP contribution in [-0.4, -0.2) is 248 Å². The summed E-state index contributed by atoms with van der Waals surface area (Å²) in [6.45, 7) is 4.90. The molecule has 14 atom stereocenters. The normalized spacial score (nSPS) is 28.9. The van der Waals surface area contributed by atoms with Gasteiger partial charge < -0.3 is 65.6 Å². The Bertz CT molecular complexity index is 5030. The predicted molar refractivity (Wildman–Crippen MR) is 394 cm³/mol. The standard InChI is InChI=1S/2C33H35N5O5.C8H10N4O2.C4H6O6/c2*1-32(35-29(39)21-15-23-22-10-6-11-24-28(22)20(17-34-24)16-25(23)36(2)18-21)31(41)38-26(14-19-8-4-3-5-9-19)30(40)37-13-7-12-27(37)33(38,42)43-32;1-10-4-9-6-5(10)7(13)12(3)8(14)11(6)2;5-1(3(7)8)2(6)4(9)10/h2*3-6,8-11,15,17,21,25-27,34,42H,7,12-14,16,18H2,1-2H3,(H,35,39);4H,1-3H3;1-2,5-6H,(H,7,8)(H,9,10)/t2*21-,25-,26+,27+,32-,33+;;1-,2-/m11.1/s1. The van der Waals surface area contributed by atoms with Crippen LogP contribution in [0.15, 0.2) is 138 Å². The summed E-state index contributed by atoms with van der Waals surface area (Å²) < 4.78 is 16.5. The third-order valence-electron chi connectivity index (χ3n) is 23.4. The highest BCUT2D eigenvalue weighted by Crippen LogP contribution is 2.49. The molecule has 12 heterocycles. The molecule has 6 amide bonds. The number of rotatable bonds is 11. The second-order valence-corrected chi connectivity index (χ2v) is 30.4. The molecule has 576 valence electrons. The lowest BCUT2D eigenvalue weighted by molar-refractivity contribution is -0.315. The molecule has 110 heavy (non-hydrogen) atoms. The Hall–Kier alpha value is -11.0. The summed E-state index contributed by atoms with van der Waals surface area (Å²) >= 11 is 0. The monoisotopic (exact) mass is 1510 g/mol. The summed E-state index contributed by atoms with van der Waals surface area (Å²) in [6.07, 6.45) is 9.75. The lowest BCUT2D eigenvalue weighted by Crippen LogP contribution is -2.71. The third kappa shape index (κ3) is 12.3. The zero-order chi connectivity index (χ0) is 78.1. The average molecular weight is 1510 g/mol. The number of H-pyrrole nitrogens is 2. The van der Waals surface area contributed by atoms with Crippen molar-refractivity contribution in [3.05, 3.63) is 182 Å². The van der Waals surface area contributed by atoms with Gasteiger partial charge in [0.1, 0.15) is 24.2 Å². The molecule has 8 aliphatic heterocycles. The number of aromatic amines is 2. The molecule has 0 saturated carbocycles. The van der Waals surface area contributed by atoms with Crippen molar-refractivity contribution >= 4 is 91.5 Å². The molecule has 8 aromatic rings. The number of hydrogen-bond donors (Lipinski definition) is 10. The molecule has 2 aliphatic carbocycles. The van der Waals surface area contributed by atoms with Crippen LogP contribution < -0.4 is 21.9 Å². The molecular weight excluding hydrogens is 1420 g/mol. The molecule has 32 heteroatoms. The molecule has 4 aromatic carbocycles. The van der Waals surface area contributed by atoms with E-state index in [0.717, 1.165) is 61.8 Å². The van der Waals surface area contributed by atoms with Crippen molar-refractivity contribution in [2.75, 3.05) is 40.3 Å². The Morgan fingerprint density at radius 1 is 0.582 bits per heavy atom. The van der Waals surface area contributed by atoms with E-state index in [1.54, 1.807) is 28.5 Å². The first-order valence-electron chi connectivity index (χ1n) is 36.6. The molecule has 0 bridgehead atoms. The van der Waals surface area contributed by atoms with E-state index >= 15 is 0 Å². The zero-order valence-electron chi connectivity index (χ0n) is 61.4. The molecule has 10 N–H and O–H groups in total. The Balaban J connectivity index is 0.000000135. The Morgan fingerprint density at radius 3 is 1.41 bits per heavy atom. The largest absolute Gasteiger partial charge is 0.479 e. The number of amides is 6. The number of carboxylic acid groups (broad SMARTS) is 2. The number of ether oxygens (including phenoxy) is 2. The number of nitrogens with zero attached hydrogens (tertiary/aromatic N) is 10. The second kappa shape index (κ2) is 27.9. The van der Waals surface area contributed by atoms with E-state index in [0.29, 0.717) is 63.0 Å². The second-order valence-electron chi connectivity index (χ2n) is 30.4. The number of piperazine rings is 2. The first-order valence-corrected chi connectivity index (χ1v) is 36.6. The Labute approximate surface area is 628 Å². The molecule has 0 spiro atoms. The number of hydrogen-bond acceptors (Lipinski definition) is 19. The first kappa shape index (κ1) is 74.5. The molecule has 6 saturated heterocycles. The fourth-order valence-electron chi connectivity index (χ4n) is 18.0. The van der Waals surface area contributed by atoms with Gasteiger partial charge >= 0.3 is 17.6 Å². The number of aryl methyl sites for hydroxylation is 2. The molecule has 18 rings (SSSR count). The Morgan fingerprint density at radius 2 is 1.00 bits per heavy atom. The predicted octanol–water partition coefficient (Wildman–Crippen LogP) is 0.830. The number of aliphatic hydroxyl groups is 4. The van der Waals surface area contributed by atoms with Crippen molar-refractivity contribution in [2.24, 2.45) is 33.0 Å². The van der Waals surface area contributed by atoms with E-state index in [-0.39, 0.29) is 59.8 Å². The summed E-state index contributed by atoms with van der Waals surface area (Å²) in [7, 11) is 8.81. The fourth-order valence-corrected chi connectivity index (χ4v) is 18.0. The molecule has 4 aromatic heterocycles. The van der Waals surface area contributed by atoms with Crippen molar-refractivity contribution < 1.29 is 78.5 Å². The van der Waals surface area contributed by atoms with E-state index in [1.807, 2.05) is 99.0 Å². The van der Waals surface area contributed by atoms with Gasteiger partial charge in [-0.05, 0) is 123 Å². The van der Waals surface area contributed by atoms with E-state index in [1.165, 1.54) is 63.5 Å². The summed E-state index contributed by atoms with van der Waals surface area (Å²) in [5, 5.41) is 64.7. The molecule has 0 radical (unpaired) electrons. The van der Waals surface area contributed by atoms with Gasteiger partial charge in [0.15, 0.2) is 23.4 Å². The van der Waals surface area contributed by atoms with Crippen molar-refractivity contribution in [1.82, 2.24) is 68.7 Å². The maximum Gasteiger partial charge on any atom is 0.335 e. The molecule has 10 aliphatic rings. The number of carboxylic acids is 2. The van der Waals surface area contributed by atoms with Gasteiger partial charge in [-0.2, -0.15) is 0 Å². The van der Waals surface area contributed by atoms with Gasteiger partial charge in [0.05, 0.1) is 18.2 Å². The Kier molecular flexibility index (Phi) is 18.9. The van der Waals surface area contributed by atoms with Crippen LogP contribution in [0.5, 0.6) is 0 Å². The van der Waals surface area contributed by atoms with Crippen LogP contribution >= 0.6 is 0 Å². The SMILES string of the molecule is CN1C[C@H](C(=O)N[C@]2(C)O[C@@]3(O)[C@@H]4CCCN4C(=O)[C@H](Cc4ccccc4)N3C2=O)C=C2c3cccc4[nH]cc(c34)C[C@H]21.CN1C[C@H](C(=O)N[C@]2(C)O[C@@]3(O)[C@@H]4CCCN4C(=O)[C@H](Cc4ccccc4)N3C2=O)C=C2c3cccc4[nH]cc(c34)C[C@H]21.Cn1c(=O)c2c(ncn2C)n(C)c1=O.O=C(O)[C@H](O)[C@@H](O)C(=O)O. The van der Waals surface area contributed by atoms with Crippen LogP contribution in [0.1, 0.15) is 72.9 Å². The average Bonchev–Trinajstić information content (AvgIpc) is 1.54. The molecular formula is C78H86N14O18. The molecule has 32 nitrogen and oxygen atoms in total. The number of carbonyl (C=O) groups is 8. The van der Waals surface area contributed by atoms with Crippen molar-refractivity contribution in [3.63, 3.8) is 0 Å². The number of likely N-dealkylation sites (N-methyl/N-ethyl adjacent to an activating group) is 2. The maximum atomic E-state index is 14.2. The minimum Gasteiger partial charge on any atom is -0.479 e. The maximum absolute atomic E-state index is 14.2. The number of fused-ring (bicyclic) bond motifs is 11. The highest BCUT2D eigenvalue weighted by molar-refractivity contribution is 6.03. The summed E-state index contributed by atoms with van der Waals surface area (Å²) in [4.78, 5) is 147. The van der Waals surface area contributed by atoms with Crippen molar-refractivity contribution in [2.45, 2.75) is 137 Å². The number of aliphatic hydroxyl groups excluding tert-OH is 2. The summed E-state index contributed by atoms with van der Waals surface area (Å²) in [5.74, 6) is -11.1. The molecule has 6 fully saturated rings.